The van der Waals surface area contributed by atoms with Crippen molar-refractivity contribution in [2.24, 2.45) is 0 Å². The summed E-state index contributed by atoms with van der Waals surface area (Å²) in [6.45, 7) is 8.62. The highest BCUT2D eigenvalue weighted by Crippen LogP contribution is 2.24. The first kappa shape index (κ1) is 14.3. The molecule has 0 aliphatic rings. The summed E-state index contributed by atoms with van der Waals surface area (Å²) in [7, 11) is 0. The molecule has 2 aromatic rings. The second-order valence-corrected chi connectivity index (χ2v) is 5.90. The van der Waals surface area contributed by atoms with Crippen molar-refractivity contribution in [2.45, 2.75) is 39.5 Å². The van der Waals surface area contributed by atoms with E-state index in [1.807, 2.05) is 6.92 Å². The van der Waals surface area contributed by atoms with E-state index in [4.69, 9.17) is 5.73 Å². The number of nitrogens with one attached hydrogen (secondary N) is 1. The Morgan fingerprint density at radius 2 is 1.75 bits per heavy atom. The molecule has 0 spiro atoms. The lowest BCUT2D eigenvalue weighted by molar-refractivity contribution is 0.590. The van der Waals surface area contributed by atoms with Gasteiger partial charge in [-0.25, -0.2) is 9.97 Å². The van der Waals surface area contributed by atoms with E-state index in [-0.39, 0.29) is 5.41 Å². The van der Waals surface area contributed by atoms with Crippen molar-refractivity contribution >= 4 is 17.3 Å². The van der Waals surface area contributed by atoms with Gasteiger partial charge in [0.2, 0.25) is 0 Å². The molecule has 1 aromatic heterocycles. The fraction of sp³-hybridized carbons (Fsp3) is 0.375. The molecule has 0 fully saturated rings. The SMILES string of the molecule is CCc1nc(N)cc(Nc2ccc(C(C)(C)C)cc2)n1. The molecule has 0 aliphatic carbocycles. The molecule has 4 heteroatoms. The molecule has 0 unspecified atom stereocenters. The molecule has 0 amide bonds. The van der Waals surface area contributed by atoms with E-state index in [2.05, 4.69) is 60.3 Å². The van der Waals surface area contributed by atoms with Crippen LogP contribution in [0.3, 0.4) is 0 Å². The number of nitrogens with two attached hydrogens (primary N) is 1. The van der Waals surface area contributed by atoms with E-state index < -0.39 is 0 Å². The maximum Gasteiger partial charge on any atom is 0.136 e. The molecule has 1 heterocycles. The van der Waals surface area contributed by atoms with E-state index >= 15 is 0 Å². The molecular weight excluding hydrogens is 248 g/mol. The van der Waals surface area contributed by atoms with Crippen molar-refractivity contribution in [1.82, 2.24) is 9.97 Å². The molecule has 0 radical (unpaired) electrons. The number of benzene rings is 1. The van der Waals surface area contributed by atoms with Gasteiger partial charge in [0.15, 0.2) is 0 Å². The number of aromatic nitrogens is 2. The van der Waals surface area contributed by atoms with Gasteiger partial charge in [-0.3, -0.25) is 0 Å². The van der Waals surface area contributed by atoms with Crippen LogP contribution in [0.2, 0.25) is 0 Å². The van der Waals surface area contributed by atoms with Crippen LogP contribution in [0.15, 0.2) is 30.3 Å². The van der Waals surface area contributed by atoms with Gasteiger partial charge in [0.1, 0.15) is 17.5 Å². The van der Waals surface area contributed by atoms with Crippen molar-refractivity contribution in [2.75, 3.05) is 11.1 Å². The van der Waals surface area contributed by atoms with Crippen LogP contribution in [0.4, 0.5) is 17.3 Å². The van der Waals surface area contributed by atoms with Crippen LogP contribution in [0.1, 0.15) is 39.1 Å². The minimum absolute atomic E-state index is 0.160. The Bertz CT molecular complexity index is 582. The first-order chi connectivity index (χ1) is 9.38. The van der Waals surface area contributed by atoms with Gasteiger partial charge >= 0.3 is 0 Å². The van der Waals surface area contributed by atoms with E-state index in [9.17, 15) is 0 Å². The Balaban J connectivity index is 2.20. The van der Waals surface area contributed by atoms with Crippen molar-refractivity contribution in [1.29, 1.82) is 0 Å². The smallest absolute Gasteiger partial charge is 0.136 e. The molecule has 0 saturated carbocycles. The predicted octanol–water partition coefficient (Wildman–Crippen LogP) is 3.66. The molecule has 0 bridgehead atoms. The quantitative estimate of drug-likeness (QED) is 0.893. The summed E-state index contributed by atoms with van der Waals surface area (Å²) in [5.41, 5.74) is 8.24. The van der Waals surface area contributed by atoms with Crippen LogP contribution in [0, 0.1) is 0 Å². The maximum absolute atomic E-state index is 5.78. The summed E-state index contributed by atoms with van der Waals surface area (Å²) in [6.07, 6.45) is 0.767. The lowest BCUT2D eigenvalue weighted by atomic mass is 9.87. The fourth-order valence-corrected chi connectivity index (χ4v) is 1.94. The molecule has 0 aliphatic heterocycles. The van der Waals surface area contributed by atoms with Crippen molar-refractivity contribution in [3.8, 4) is 0 Å². The molecule has 20 heavy (non-hydrogen) atoms. The Hall–Kier alpha value is -2.10. The normalized spacial score (nSPS) is 11.4. The average molecular weight is 270 g/mol. The van der Waals surface area contributed by atoms with E-state index in [0.717, 1.165) is 23.8 Å². The highest BCUT2D eigenvalue weighted by Gasteiger charge is 2.12. The van der Waals surface area contributed by atoms with Gasteiger partial charge < -0.3 is 11.1 Å². The Labute approximate surface area is 120 Å². The Kier molecular flexibility index (Phi) is 3.93. The number of rotatable bonds is 3. The Morgan fingerprint density at radius 3 is 2.30 bits per heavy atom. The Morgan fingerprint density at radius 1 is 1.10 bits per heavy atom. The van der Waals surface area contributed by atoms with E-state index in [0.29, 0.717) is 5.82 Å². The van der Waals surface area contributed by atoms with Gasteiger partial charge in [-0.2, -0.15) is 0 Å². The number of hydrogen-bond acceptors (Lipinski definition) is 4. The molecule has 4 nitrogen and oxygen atoms in total. The van der Waals surface area contributed by atoms with Crippen LogP contribution in [0.5, 0.6) is 0 Å². The third kappa shape index (κ3) is 3.47. The zero-order valence-electron chi connectivity index (χ0n) is 12.6. The monoisotopic (exact) mass is 270 g/mol. The second kappa shape index (κ2) is 5.49. The standard InChI is InChI=1S/C16H22N4/c1-5-14-19-13(17)10-15(20-14)18-12-8-6-11(7-9-12)16(2,3)4/h6-10H,5H2,1-4H3,(H3,17,18,19,20). The number of nitrogen functional groups attached to an aromatic ring is 1. The van der Waals surface area contributed by atoms with Crippen LogP contribution in [0.25, 0.3) is 0 Å². The van der Waals surface area contributed by atoms with Gasteiger partial charge in [0, 0.05) is 18.2 Å². The molecule has 1 aromatic carbocycles. The number of anilines is 3. The third-order valence-electron chi connectivity index (χ3n) is 3.13. The fourth-order valence-electron chi connectivity index (χ4n) is 1.94. The van der Waals surface area contributed by atoms with Crippen LogP contribution >= 0.6 is 0 Å². The van der Waals surface area contributed by atoms with Crippen molar-refractivity contribution in [3.63, 3.8) is 0 Å². The first-order valence-electron chi connectivity index (χ1n) is 6.89. The zero-order valence-corrected chi connectivity index (χ0v) is 12.6. The summed E-state index contributed by atoms with van der Waals surface area (Å²) in [6, 6.07) is 10.1. The lowest BCUT2D eigenvalue weighted by Crippen LogP contribution is -2.10. The van der Waals surface area contributed by atoms with Crippen LogP contribution in [-0.4, -0.2) is 9.97 Å². The summed E-state index contributed by atoms with van der Waals surface area (Å²) >= 11 is 0. The predicted molar refractivity (Wildman–Crippen MR) is 84.2 cm³/mol. The van der Waals surface area contributed by atoms with Crippen LogP contribution in [-0.2, 0) is 11.8 Å². The molecule has 2 rings (SSSR count). The summed E-state index contributed by atoms with van der Waals surface area (Å²) in [4.78, 5) is 8.58. The highest BCUT2D eigenvalue weighted by atomic mass is 15.0. The van der Waals surface area contributed by atoms with Gasteiger partial charge in [-0.15, -0.1) is 0 Å². The maximum atomic E-state index is 5.78. The average Bonchev–Trinajstić information content (AvgIpc) is 2.37. The largest absolute Gasteiger partial charge is 0.384 e. The minimum Gasteiger partial charge on any atom is -0.384 e. The van der Waals surface area contributed by atoms with Crippen LogP contribution < -0.4 is 11.1 Å². The van der Waals surface area contributed by atoms with Gasteiger partial charge in [0.25, 0.3) is 0 Å². The molecule has 0 atom stereocenters. The second-order valence-electron chi connectivity index (χ2n) is 5.90. The topological polar surface area (TPSA) is 63.8 Å². The number of aryl methyl sites for hydroxylation is 1. The molecule has 3 N–H and O–H groups in total. The van der Waals surface area contributed by atoms with Gasteiger partial charge in [-0.1, -0.05) is 39.8 Å². The minimum atomic E-state index is 0.160. The lowest BCUT2D eigenvalue weighted by Gasteiger charge is -2.19. The van der Waals surface area contributed by atoms with E-state index in [1.165, 1.54) is 5.56 Å². The summed E-state index contributed by atoms with van der Waals surface area (Å²) in [5, 5.41) is 3.27. The number of hydrogen-bond donors (Lipinski definition) is 2. The zero-order chi connectivity index (χ0) is 14.8. The molecule has 106 valence electrons. The molecular formula is C16H22N4. The van der Waals surface area contributed by atoms with Gasteiger partial charge in [0.05, 0.1) is 0 Å². The van der Waals surface area contributed by atoms with Gasteiger partial charge in [-0.05, 0) is 23.1 Å². The highest BCUT2D eigenvalue weighted by molar-refractivity contribution is 5.59. The molecule has 0 saturated heterocycles. The number of nitrogens with zero attached hydrogens (tertiary/aromatic N) is 2. The summed E-state index contributed by atoms with van der Waals surface area (Å²) < 4.78 is 0. The van der Waals surface area contributed by atoms with Crippen molar-refractivity contribution in [3.05, 3.63) is 41.7 Å². The summed E-state index contributed by atoms with van der Waals surface area (Å²) in [5.74, 6) is 1.97. The first-order valence-corrected chi connectivity index (χ1v) is 6.89. The van der Waals surface area contributed by atoms with Crippen molar-refractivity contribution < 1.29 is 0 Å². The third-order valence-corrected chi connectivity index (χ3v) is 3.13. The van der Waals surface area contributed by atoms with E-state index in [1.54, 1.807) is 6.07 Å².